The van der Waals surface area contributed by atoms with Crippen molar-refractivity contribution in [2.45, 2.75) is 19.4 Å². The maximum atomic E-state index is 6.19. The highest BCUT2D eigenvalue weighted by Gasteiger charge is 2.21. The van der Waals surface area contributed by atoms with Crippen molar-refractivity contribution in [2.75, 3.05) is 18.4 Å². The smallest absolute Gasteiger partial charge is 0.0474 e. The van der Waals surface area contributed by atoms with Gasteiger partial charge < -0.3 is 10.6 Å². The van der Waals surface area contributed by atoms with E-state index in [1.807, 2.05) is 12.1 Å². The third-order valence-corrected chi connectivity index (χ3v) is 2.93. The fraction of sp³-hybridized carbons (Fsp3) is 0.455. The van der Waals surface area contributed by atoms with Gasteiger partial charge in [-0.3, -0.25) is 0 Å². The number of nitrogens with one attached hydrogen (secondary N) is 2. The quantitative estimate of drug-likeness (QED) is 0.785. The highest BCUT2D eigenvalue weighted by molar-refractivity contribution is 6.31. The molecule has 1 aromatic rings. The van der Waals surface area contributed by atoms with Gasteiger partial charge in [-0.15, -0.1) is 0 Å². The Morgan fingerprint density at radius 1 is 1.57 bits per heavy atom. The first-order valence-corrected chi connectivity index (χ1v) is 5.46. The first kappa shape index (κ1) is 9.81. The van der Waals surface area contributed by atoms with Gasteiger partial charge in [0.05, 0.1) is 0 Å². The van der Waals surface area contributed by atoms with Crippen LogP contribution in [0.2, 0.25) is 5.02 Å². The molecule has 0 bridgehead atoms. The summed E-state index contributed by atoms with van der Waals surface area (Å²) in [4.78, 5) is 0. The van der Waals surface area contributed by atoms with Gasteiger partial charge in [-0.1, -0.05) is 24.6 Å². The molecule has 0 amide bonds. The minimum Gasteiger partial charge on any atom is -0.385 e. The number of benzene rings is 1. The summed E-state index contributed by atoms with van der Waals surface area (Å²) in [5.41, 5.74) is 2.40. The Morgan fingerprint density at radius 3 is 3.21 bits per heavy atom. The van der Waals surface area contributed by atoms with Crippen molar-refractivity contribution in [2.24, 2.45) is 0 Å². The lowest BCUT2D eigenvalue weighted by Crippen LogP contribution is -2.28. The monoisotopic (exact) mass is 210 g/mol. The van der Waals surface area contributed by atoms with Crippen LogP contribution >= 0.6 is 11.6 Å². The Balaban J connectivity index is 2.36. The molecular formula is C11H15ClN2. The van der Waals surface area contributed by atoms with Crippen molar-refractivity contribution < 1.29 is 0 Å². The van der Waals surface area contributed by atoms with E-state index in [1.54, 1.807) is 0 Å². The summed E-state index contributed by atoms with van der Waals surface area (Å²) in [7, 11) is 0. The van der Waals surface area contributed by atoms with Gasteiger partial charge in [0.15, 0.2) is 0 Å². The van der Waals surface area contributed by atoms with Crippen molar-refractivity contribution in [3.63, 3.8) is 0 Å². The molecule has 1 aromatic carbocycles. The van der Waals surface area contributed by atoms with Gasteiger partial charge in [0, 0.05) is 28.9 Å². The average molecular weight is 211 g/mol. The summed E-state index contributed by atoms with van der Waals surface area (Å²) in [5, 5.41) is 7.69. The zero-order valence-electron chi connectivity index (χ0n) is 8.31. The van der Waals surface area contributed by atoms with Crippen LogP contribution in [0.3, 0.4) is 0 Å². The van der Waals surface area contributed by atoms with Crippen LogP contribution in [0.15, 0.2) is 18.2 Å². The van der Waals surface area contributed by atoms with Gasteiger partial charge in [0.25, 0.3) is 0 Å². The fourth-order valence-electron chi connectivity index (χ4n) is 1.99. The van der Waals surface area contributed by atoms with E-state index in [-0.39, 0.29) is 0 Å². The standard InChI is InChI=1S/C11H15ClN2/c1-2-13-10-6-7-14-9-5-3-4-8(12)11(9)10/h3-5,10,13-14H,2,6-7H2,1H3. The lowest BCUT2D eigenvalue weighted by molar-refractivity contribution is 0.517. The molecule has 1 aliphatic heterocycles. The van der Waals surface area contributed by atoms with E-state index >= 15 is 0 Å². The summed E-state index contributed by atoms with van der Waals surface area (Å²) in [5.74, 6) is 0. The molecule has 1 atom stereocenters. The van der Waals surface area contributed by atoms with Crippen molar-refractivity contribution in [1.29, 1.82) is 0 Å². The van der Waals surface area contributed by atoms with Crippen molar-refractivity contribution in [1.82, 2.24) is 5.32 Å². The van der Waals surface area contributed by atoms with E-state index in [1.165, 1.54) is 11.3 Å². The number of hydrogen-bond donors (Lipinski definition) is 2. The molecule has 0 radical (unpaired) electrons. The van der Waals surface area contributed by atoms with E-state index < -0.39 is 0 Å². The first-order valence-electron chi connectivity index (χ1n) is 5.08. The molecule has 0 saturated carbocycles. The molecule has 2 rings (SSSR count). The second kappa shape index (κ2) is 4.20. The van der Waals surface area contributed by atoms with Gasteiger partial charge in [0.1, 0.15) is 0 Å². The molecule has 0 saturated heterocycles. The summed E-state index contributed by atoms with van der Waals surface area (Å²) < 4.78 is 0. The Morgan fingerprint density at radius 2 is 2.43 bits per heavy atom. The van der Waals surface area contributed by atoms with Crippen LogP contribution in [0.25, 0.3) is 0 Å². The Hall–Kier alpha value is -0.730. The van der Waals surface area contributed by atoms with E-state index in [9.17, 15) is 0 Å². The van der Waals surface area contributed by atoms with Crippen LogP contribution in [0.1, 0.15) is 24.9 Å². The largest absolute Gasteiger partial charge is 0.385 e. The van der Waals surface area contributed by atoms with Gasteiger partial charge in [-0.25, -0.2) is 0 Å². The maximum absolute atomic E-state index is 6.19. The van der Waals surface area contributed by atoms with E-state index in [0.717, 1.165) is 24.5 Å². The van der Waals surface area contributed by atoms with Gasteiger partial charge in [-0.2, -0.15) is 0 Å². The fourth-order valence-corrected chi connectivity index (χ4v) is 2.30. The molecule has 1 heterocycles. The minimum absolute atomic E-state index is 0.407. The van der Waals surface area contributed by atoms with Gasteiger partial charge >= 0.3 is 0 Å². The zero-order chi connectivity index (χ0) is 9.97. The van der Waals surface area contributed by atoms with Crippen LogP contribution < -0.4 is 10.6 Å². The van der Waals surface area contributed by atoms with Crippen LogP contribution in [-0.4, -0.2) is 13.1 Å². The molecule has 3 heteroatoms. The lowest BCUT2D eigenvalue weighted by Gasteiger charge is -2.28. The normalized spacial score (nSPS) is 20.0. The van der Waals surface area contributed by atoms with Crippen LogP contribution in [0, 0.1) is 0 Å². The molecule has 0 spiro atoms. The molecule has 0 fully saturated rings. The molecule has 14 heavy (non-hydrogen) atoms. The summed E-state index contributed by atoms with van der Waals surface area (Å²) in [6, 6.07) is 6.44. The highest BCUT2D eigenvalue weighted by atomic mass is 35.5. The van der Waals surface area contributed by atoms with E-state index in [0.29, 0.717) is 6.04 Å². The van der Waals surface area contributed by atoms with E-state index in [4.69, 9.17) is 11.6 Å². The molecule has 2 N–H and O–H groups in total. The average Bonchev–Trinajstić information content (AvgIpc) is 2.19. The SMILES string of the molecule is CCNC1CCNc2cccc(Cl)c21. The molecule has 1 unspecified atom stereocenters. The third-order valence-electron chi connectivity index (χ3n) is 2.60. The van der Waals surface area contributed by atoms with Gasteiger partial charge in [-0.05, 0) is 25.1 Å². The number of hydrogen-bond acceptors (Lipinski definition) is 2. The minimum atomic E-state index is 0.407. The molecule has 2 nitrogen and oxygen atoms in total. The predicted octanol–water partition coefficient (Wildman–Crippen LogP) is 2.81. The molecule has 0 aromatic heterocycles. The number of rotatable bonds is 2. The number of anilines is 1. The summed E-state index contributed by atoms with van der Waals surface area (Å²) >= 11 is 6.19. The molecule has 76 valence electrons. The van der Waals surface area contributed by atoms with Crippen LogP contribution in [0.5, 0.6) is 0 Å². The zero-order valence-corrected chi connectivity index (χ0v) is 9.06. The molecular weight excluding hydrogens is 196 g/mol. The van der Waals surface area contributed by atoms with Gasteiger partial charge in [0.2, 0.25) is 0 Å². The van der Waals surface area contributed by atoms with Crippen molar-refractivity contribution in [3.8, 4) is 0 Å². The second-order valence-electron chi connectivity index (χ2n) is 3.53. The van der Waals surface area contributed by atoms with Crippen molar-refractivity contribution >= 4 is 17.3 Å². The van der Waals surface area contributed by atoms with Crippen LogP contribution in [0.4, 0.5) is 5.69 Å². The van der Waals surface area contributed by atoms with E-state index in [2.05, 4.69) is 23.6 Å². The maximum Gasteiger partial charge on any atom is 0.0474 e. The summed E-state index contributed by atoms with van der Waals surface area (Å²) in [6.45, 7) is 4.12. The molecule has 1 aliphatic rings. The second-order valence-corrected chi connectivity index (χ2v) is 3.93. The number of fused-ring (bicyclic) bond motifs is 1. The lowest BCUT2D eigenvalue weighted by atomic mass is 9.98. The molecule has 0 aliphatic carbocycles. The first-order chi connectivity index (χ1) is 6.83. The van der Waals surface area contributed by atoms with Crippen LogP contribution in [-0.2, 0) is 0 Å². The highest BCUT2D eigenvalue weighted by Crippen LogP contribution is 2.34. The van der Waals surface area contributed by atoms with Crippen molar-refractivity contribution in [3.05, 3.63) is 28.8 Å². The third kappa shape index (κ3) is 1.72. The Labute approximate surface area is 89.7 Å². The Bertz CT molecular complexity index is 325. The topological polar surface area (TPSA) is 24.1 Å². The summed E-state index contributed by atoms with van der Waals surface area (Å²) in [6.07, 6.45) is 1.10. The number of halogens is 1. The Kier molecular flexibility index (Phi) is 2.94. The predicted molar refractivity (Wildman–Crippen MR) is 61.0 cm³/mol.